The Balaban J connectivity index is 3.46. The molecule has 0 amide bonds. The molecule has 0 spiro atoms. The van der Waals surface area contributed by atoms with E-state index in [2.05, 4.69) is 0 Å². The minimum absolute atomic E-state index is 0.0721. The number of phenols is 2. The van der Waals surface area contributed by atoms with E-state index in [4.69, 9.17) is 14.6 Å². The molecule has 0 aromatic heterocycles. The Bertz CT molecular complexity index is 412. The van der Waals surface area contributed by atoms with E-state index < -0.39 is 23.9 Å². The van der Waals surface area contributed by atoms with Crippen molar-refractivity contribution in [3.63, 3.8) is 0 Å². The third kappa shape index (κ3) is 1.87. The zero-order valence-corrected chi connectivity index (χ0v) is 8.85. The van der Waals surface area contributed by atoms with E-state index in [-0.39, 0.29) is 17.1 Å². The van der Waals surface area contributed by atoms with Crippen molar-refractivity contribution in [2.75, 3.05) is 20.8 Å². The third-order valence-electron chi connectivity index (χ3n) is 2.05. The van der Waals surface area contributed by atoms with Crippen LogP contribution in [0.2, 0.25) is 0 Å². The highest BCUT2D eigenvalue weighted by Gasteiger charge is 2.23. The minimum Gasteiger partial charge on any atom is -0.507 e. The first-order chi connectivity index (χ1) is 7.56. The highest BCUT2D eigenvalue weighted by Crippen LogP contribution is 2.43. The molecule has 6 nitrogen and oxygen atoms in total. The first-order valence-electron chi connectivity index (χ1n) is 4.37. The van der Waals surface area contributed by atoms with Crippen LogP contribution in [0.1, 0.15) is 10.4 Å². The standard InChI is InChI=1S/C10H12O6/c1-15-7-3-5(12)8(6(13)4-11)9(14)10(7)16-2/h3,11-12,14H,4H2,1-2H3. The van der Waals surface area contributed by atoms with Gasteiger partial charge in [0.15, 0.2) is 17.3 Å². The van der Waals surface area contributed by atoms with Gasteiger partial charge in [-0.25, -0.2) is 0 Å². The van der Waals surface area contributed by atoms with Gasteiger partial charge in [-0.2, -0.15) is 0 Å². The molecule has 0 aliphatic rings. The molecule has 1 aromatic rings. The molecule has 6 heteroatoms. The molecule has 0 bridgehead atoms. The number of ether oxygens (including phenoxy) is 2. The summed E-state index contributed by atoms with van der Waals surface area (Å²) in [5.41, 5.74) is -0.389. The van der Waals surface area contributed by atoms with Gasteiger partial charge < -0.3 is 24.8 Å². The quantitative estimate of drug-likeness (QED) is 0.641. The molecule has 0 saturated carbocycles. The van der Waals surface area contributed by atoms with E-state index in [1.165, 1.54) is 14.2 Å². The molecule has 0 heterocycles. The lowest BCUT2D eigenvalue weighted by Gasteiger charge is -2.13. The zero-order chi connectivity index (χ0) is 12.3. The van der Waals surface area contributed by atoms with Crippen LogP contribution in [-0.2, 0) is 0 Å². The van der Waals surface area contributed by atoms with Crippen molar-refractivity contribution in [2.45, 2.75) is 0 Å². The molecule has 1 aromatic carbocycles. The Hall–Kier alpha value is -1.95. The fraction of sp³-hybridized carbons (Fsp3) is 0.300. The van der Waals surface area contributed by atoms with Gasteiger partial charge >= 0.3 is 0 Å². The first-order valence-corrected chi connectivity index (χ1v) is 4.37. The Labute approximate surface area is 91.7 Å². The van der Waals surface area contributed by atoms with Crippen molar-refractivity contribution in [2.24, 2.45) is 0 Å². The van der Waals surface area contributed by atoms with Crippen LogP contribution in [0.15, 0.2) is 6.07 Å². The number of ketones is 1. The highest BCUT2D eigenvalue weighted by atomic mass is 16.5. The van der Waals surface area contributed by atoms with Gasteiger partial charge in [0, 0.05) is 6.07 Å². The molecule has 0 saturated heterocycles. The SMILES string of the molecule is COc1cc(O)c(C(=O)CO)c(O)c1OC. The van der Waals surface area contributed by atoms with Gasteiger partial charge in [0.25, 0.3) is 0 Å². The number of hydrogen-bond acceptors (Lipinski definition) is 6. The predicted molar refractivity (Wildman–Crippen MR) is 54.3 cm³/mol. The lowest BCUT2D eigenvalue weighted by atomic mass is 10.1. The van der Waals surface area contributed by atoms with E-state index in [9.17, 15) is 15.0 Å². The number of methoxy groups -OCH3 is 2. The van der Waals surface area contributed by atoms with Crippen molar-refractivity contribution in [1.29, 1.82) is 0 Å². The van der Waals surface area contributed by atoms with Crippen LogP contribution in [0.3, 0.4) is 0 Å². The summed E-state index contributed by atoms with van der Waals surface area (Å²) in [6.07, 6.45) is 0. The molecule has 0 aliphatic heterocycles. The van der Waals surface area contributed by atoms with Crippen LogP contribution in [0.25, 0.3) is 0 Å². The zero-order valence-electron chi connectivity index (χ0n) is 8.85. The Morgan fingerprint density at radius 2 is 1.94 bits per heavy atom. The Morgan fingerprint density at radius 1 is 1.31 bits per heavy atom. The van der Waals surface area contributed by atoms with Crippen LogP contribution in [0.5, 0.6) is 23.0 Å². The summed E-state index contributed by atoms with van der Waals surface area (Å²) < 4.78 is 9.68. The second-order valence-corrected chi connectivity index (χ2v) is 2.94. The van der Waals surface area contributed by atoms with Gasteiger partial charge in [0.05, 0.1) is 14.2 Å². The minimum atomic E-state index is -0.823. The largest absolute Gasteiger partial charge is 0.507 e. The van der Waals surface area contributed by atoms with E-state index in [1.54, 1.807) is 0 Å². The lowest BCUT2D eigenvalue weighted by Crippen LogP contribution is -2.06. The summed E-state index contributed by atoms with van der Waals surface area (Å²) in [4.78, 5) is 11.3. The maximum absolute atomic E-state index is 11.3. The maximum atomic E-state index is 11.3. The summed E-state index contributed by atoms with van der Waals surface area (Å²) in [6.45, 7) is -0.823. The van der Waals surface area contributed by atoms with Crippen molar-refractivity contribution in [3.8, 4) is 23.0 Å². The molecule has 3 N–H and O–H groups in total. The summed E-state index contributed by atoms with van der Waals surface area (Å²) in [5.74, 6) is -1.83. The molecule has 0 atom stereocenters. The van der Waals surface area contributed by atoms with Crippen LogP contribution in [-0.4, -0.2) is 41.9 Å². The molecule has 0 fully saturated rings. The van der Waals surface area contributed by atoms with Gasteiger partial charge in [0.2, 0.25) is 5.75 Å². The van der Waals surface area contributed by atoms with Gasteiger partial charge in [-0.1, -0.05) is 0 Å². The summed E-state index contributed by atoms with van der Waals surface area (Å²) in [6, 6.07) is 1.13. The normalized spacial score (nSPS) is 9.94. The summed E-state index contributed by atoms with van der Waals surface area (Å²) in [5, 5.41) is 27.9. The van der Waals surface area contributed by atoms with E-state index in [0.29, 0.717) is 0 Å². The van der Waals surface area contributed by atoms with Gasteiger partial charge in [-0.15, -0.1) is 0 Å². The molecule has 0 aliphatic carbocycles. The molecular formula is C10H12O6. The van der Waals surface area contributed by atoms with E-state index in [1.807, 2.05) is 0 Å². The monoisotopic (exact) mass is 228 g/mol. The number of phenolic OH excluding ortho intramolecular Hbond substituents is 2. The van der Waals surface area contributed by atoms with Crippen molar-refractivity contribution < 1.29 is 29.6 Å². The number of carbonyl (C=O) groups excluding carboxylic acids is 1. The number of aliphatic hydroxyl groups is 1. The maximum Gasteiger partial charge on any atom is 0.204 e. The van der Waals surface area contributed by atoms with Crippen LogP contribution in [0, 0.1) is 0 Å². The van der Waals surface area contributed by atoms with Crippen molar-refractivity contribution in [3.05, 3.63) is 11.6 Å². The topological polar surface area (TPSA) is 96.2 Å². The predicted octanol–water partition coefficient (Wildman–Crippen LogP) is 0.290. The number of benzene rings is 1. The Kier molecular flexibility index (Phi) is 3.57. The summed E-state index contributed by atoms with van der Waals surface area (Å²) in [7, 11) is 2.60. The number of aromatic hydroxyl groups is 2. The van der Waals surface area contributed by atoms with Crippen molar-refractivity contribution >= 4 is 5.78 Å². The third-order valence-corrected chi connectivity index (χ3v) is 2.05. The number of rotatable bonds is 4. The molecule has 0 radical (unpaired) electrons. The average molecular weight is 228 g/mol. The second-order valence-electron chi connectivity index (χ2n) is 2.94. The number of aliphatic hydroxyl groups excluding tert-OH is 1. The number of hydrogen-bond donors (Lipinski definition) is 3. The van der Waals surface area contributed by atoms with Crippen molar-refractivity contribution in [1.82, 2.24) is 0 Å². The molecule has 88 valence electrons. The molecule has 16 heavy (non-hydrogen) atoms. The van der Waals surface area contributed by atoms with Crippen LogP contribution >= 0.6 is 0 Å². The van der Waals surface area contributed by atoms with E-state index >= 15 is 0 Å². The molecule has 0 unspecified atom stereocenters. The van der Waals surface area contributed by atoms with Crippen LogP contribution < -0.4 is 9.47 Å². The smallest absolute Gasteiger partial charge is 0.204 e. The lowest BCUT2D eigenvalue weighted by molar-refractivity contribution is 0.0897. The highest BCUT2D eigenvalue weighted by molar-refractivity contribution is 6.03. The summed E-state index contributed by atoms with van der Waals surface area (Å²) >= 11 is 0. The average Bonchev–Trinajstić information content (AvgIpc) is 2.27. The molecular weight excluding hydrogens is 216 g/mol. The number of Topliss-reactive ketones (excluding diaryl/α,β-unsaturated/α-hetero) is 1. The second kappa shape index (κ2) is 4.71. The fourth-order valence-electron chi connectivity index (χ4n) is 1.32. The van der Waals surface area contributed by atoms with E-state index in [0.717, 1.165) is 6.07 Å². The van der Waals surface area contributed by atoms with Gasteiger partial charge in [0.1, 0.15) is 17.9 Å². The molecule has 1 rings (SSSR count). The van der Waals surface area contributed by atoms with Gasteiger partial charge in [-0.3, -0.25) is 4.79 Å². The first kappa shape index (κ1) is 12.1. The van der Waals surface area contributed by atoms with Crippen LogP contribution in [0.4, 0.5) is 0 Å². The Morgan fingerprint density at radius 3 is 2.38 bits per heavy atom. The number of carbonyl (C=O) groups is 1. The fourth-order valence-corrected chi connectivity index (χ4v) is 1.32. The van der Waals surface area contributed by atoms with Gasteiger partial charge in [-0.05, 0) is 0 Å².